The molecular weight excluding hydrogens is 318 g/mol. The zero-order valence-electron chi connectivity index (χ0n) is 13.9. The fourth-order valence-electron chi connectivity index (χ4n) is 2.63. The van der Waals surface area contributed by atoms with Crippen molar-refractivity contribution in [2.24, 2.45) is 5.41 Å². The molecule has 1 fully saturated rings. The molecule has 2 N–H and O–H groups in total. The zero-order chi connectivity index (χ0) is 17.7. The van der Waals surface area contributed by atoms with Crippen LogP contribution >= 0.6 is 0 Å². The van der Waals surface area contributed by atoms with Gasteiger partial charge >= 0.3 is 5.97 Å². The first-order valence-electron chi connectivity index (χ1n) is 8.31. The van der Waals surface area contributed by atoms with Gasteiger partial charge in [0, 0.05) is 6.54 Å². The molecule has 0 radical (unpaired) electrons. The van der Waals surface area contributed by atoms with Gasteiger partial charge in [0.1, 0.15) is 5.41 Å². The third-order valence-corrected chi connectivity index (χ3v) is 4.45. The summed E-state index contributed by atoms with van der Waals surface area (Å²) in [6, 6.07) is 17.7. The van der Waals surface area contributed by atoms with E-state index in [0.717, 1.165) is 16.7 Å². The zero-order valence-corrected chi connectivity index (χ0v) is 13.9. The Labute approximate surface area is 146 Å². The van der Waals surface area contributed by atoms with Crippen LogP contribution in [0.5, 0.6) is 0 Å². The van der Waals surface area contributed by atoms with Crippen LogP contribution in [0.1, 0.15) is 29.5 Å². The van der Waals surface area contributed by atoms with Gasteiger partial charge in [-0.25, -0.2) is 0 Å². The van der Waals surface area contributed by atoms with Gasteiger partial charge in [-0.15, -0.1) is 0 Å². The van der Waals surface area contributed by atoms with Crippen LogP contribution in [0.4, 0.5) is 0 Å². The van der Waals surface area contributed by atoms with Crippen molar-refractivity contribution in [2.45, 2.75) is 32.6 Å². The molecule has 0 aliphatic heterocycles. The lowest BCUT2D eigenvalue weighted by Crippen LogP contribution is -2.36. The Morgan fingerprint density at radius 3 is 2.04 bits per heavy atom. The van der Waals surface area contributed by atoms with Gasteiger partial charge in [-0.1, -0.05) is 54.6 Å². The lowest BCUT2D eigenvalue weighted by atomic mass is 10.1. The van der Waals surface area contributed by atoms with Crippen molar-refractivity contribution < 1.29 is 19.4 Å². The van der Waals surface area contributed by atoms with Crippen LogP contribution in [0.15, 0.2) is 54.6 Å². The third kappa shape index (κ3) is 4.25. The first-order valence-corrected chi connectivity index (χ1v) is 8.31. The Morgan fingerprint density at radius 2 is 1.48 bits per heavy atom. The molecule has 2 aromatic rings. The van der Waals surface area contributed by atoms with E-state index < -0.39 is 17.3 Å². The number of carbonyl (C=O) groups is 2. The molecule has 0 saturated heterocycles. The Hall–Kier alpha value is -2.66. The van der Waals surface area contributed by atoms with E-state index in [4.69, 9.17) is 9.84 Å². The predicted octanol–water partition coefficient (Wildman–Crippen LogP) is 2.88. The molecule has 1 aliphatic carbocycles. The highest BCUT2D eigenvalue weighted by Crippen LogP contribution is 2.46. The molecule has 1 aliphatic rings. The van der Waals surface area contributed by atoms with Crippen LogP contribution in [0.2, 0.25) is 0 Å². The second-order valence-electron chi connectivity index (χ2n) is 6.36. The molecule has 5 nitrogen and oxygen atoms in total. The summed E-state index contributed by atoms with van der Waals surface area (Å²) in [5.41, 5.74) is 1.93. The van der Waals surface area contributed by atoms with E-state index in [2.05, 4.69) is 5.32 Å². The van der Waals surface area contributed by atoms with Gasteiger partial charge in [0.25, 0.3) is 0 Å². The molecule has 0 spiro atoms. The molecule has 5 heteroatoms. The number of hydrogen-bond acceptors (Lipinski definition) is 3. The lowest BCUT2D eigenvalue weighted by molar-refractivity contribution is -0.149. The SMILES string of the molecule is O=C(O)C1(C(=O)NCc2ccc(COCc3ccccc3)cc2)CC1. The number of carboxylic acids is 1. The van der Waals surface area contributed by atoms with Crippen molar-refractivity contribution in [1.82, 2.24) is 5.32 Å². The molecule has 0 unspecified atom stereocenters. The predicted molar refractivity (Wildman–Crippen MR) is 92.5 cm³/mol. The van der Waals surface area contributed by atoms with Gasteiger partial charge in [-0.2, -0.15) is 0 Å². The van der Waals surface area contributed by atoms with E-state index in [1.807, 2.05) is 54.6 Å². The molecule has 1 amide bonds. The van der Waals surface area contributed by atoms with Crippen LogP contribution < -0.4 is 5.32 Å². The highest BCUT2D eigenvalue weighted by Gasteiger charge is 2.56. The summed E-state index contributed by atoms with van der Waals surface area (Å²) in [5, 5.41) is 11.8. The Kier molecular flexibility index (Phi) is 5.14. The summed E-state index contributed by atoms with van der Waals surface area (Å²) in [4.78, 5) is 23.1. The molecule has 0 heterocycles. The van der Waals surface area contributed by atoms with Crippen molar-refractivity contribution >= 4 is 11.9 Å². The fraction of sp³-hybridized carbons (Fsp3) is 0.300. The molecular formula is C20H21NO4. The molecule has 25 heavy (non-hydrogen) atoms. The minimum atomic E-state index is -1.19. The highest BCUT2D eigenvalue weighted by molar-refractivity contribution is 6.04. The van der Waals surface area contributed by atoms with Gasteiger partial charge in [0.15, 0.2) is 0 Å². The number of carbonyl (C=O) groups excluding carboxylic acids is 1. The molecule has 1 saturated carbocycles. The van der Waals surface area contributed by atoms with Crippen molar-refractivity contribution in [3.8, 4) is 0 Å². The summed E-state index contributed by atoms with van der Waals surface area (Å²) < 4.78 is 5.69. The van der Waals surface area contributed by atoms with Crippen molar-refractivity contribution in [2.75, 3.05) is 0 Å². The number of amides is 1. The third-order valence-electron chi connectivity index (χ3n) is 4.45. The van der Waals surface area contributed by atoms with Crippen molar-refractivity contribution in [3.05, 3.63) is 71.3 Å². The number of rotatable bonds is 8. The standard InChI is InChI=1S/C20H21NO4/c22-18(20(10-11-20)19(23)24)21-12-15-6-8-17(9-7-15)14-25-13-16-4-2-1-3-5-16/h1-9H,10-14H2,(H,21,22)(H,23,24). The number of carboxylic acid groups (broad SMARTS) is 1. The second kappa shape index (κ2) is 7.49. The quantitative estimate of drug-likeness (QED) is 0.725. The van der Waals surface area contributed by atoms with Crippen LogP contribution in [-0.4, -0.2) is 17.0 Å². The largest absolute Gasteiger partial charge is 0.480 e. The van der Waals surface area contributed by atoms with E-state index in [-0.39, 0.29) is 0 Å². The lowest BCUT2D eigenvalue weighted by Gasteiger charge is -2.11. The van der Waals surface area contributed by atoms with E-state index in [9.17, 15) is 9.59 Å². The van der Waals surface area contributed by atoms with Crippen LogP contribution in [0, 0.1) is 5.41 Å². The normalized spacial score (nSPS) is 14.7. The summed E-state index contributed by atoms with van der Waals surface area (Å²) in [7, 11) is 0. The maximum Gasteiger partial charge on any atom is 0.319 e. The number of nitrogens with one attached hydrogen (secondary N) is 1. The van der Waals surface area contributed by atoms with E-state index in [1.165, 1.54) is 0 Å². The first-order chi connectivity index (χ1) is 12.1. The Balaban J connectivity index is 1.44. The van der Waals surface area contributed by atoms with Gasteiger partial charge in [0.05, 0.1) is 13.2 Å². The number of aliphatic carboxylic acids is 1. The molecule has 0 aromatic heterocycles. The topological polar surface area (TPSA) is 75.6 Å². The molecule has 2 aromatic carbocycles. The van der Waals surface area contributed by atoms with E-state index in [1.54, 1.807) is 0 Å². The van der Waals surface area contributed by atoms with Gasteiger partial charge < -0.3 is 15.2 Å². The highest BCUT2D eigenvalue weighted by atomic mass is 16.5. The number of hydrogen-bond donors (Lipinski definition) is 2. The first kappa shape index (κ1) is 17.2. The van der Waals surface area contributed by atoms with Crippen LogP contribution in [0.3, 0.4) is 0 Å². The average Bonchev–Trinajstić information content (AvgIpc) is 3.44. The smallest absolute Gasteiger partial charge is 0.319 e. The van der Waals surface area contributed by atoms with Crippen LogP contribution in [0.25, 0.3) is 0 Å². The summed E-state index contributed by atoms with van der Waals surface area (Å²) >= 11 is 0. The second-order valence-corrected chi connectivity index (χ2v) is 6.36. The molecule has 3 rings (SSSR count). The summed E-state index contributed by atoms with van der Waals surface area (Å²) in [6.45, 7) is 1.42. The van der Waals surface area contributed by atoms with Gasteiger partial charge in [0.2, 0.25) is 5.91 Å². The summed E-state index contributed by atoms with van der Waals surface area (Å²) in [5.74, 6) is -1.42. The van der Waals surface area contributed by atoms with Crippen molar-refractivity contribution in [1.29, 1.82) is 0 Å². The minimum Gasteiger partial charge on any atom is -0.480 e. The molecule has 0 atom stereocenters. The van der Waals surface area contributed by atoms with E-state index >= 15 is 0 Å². The Morgan fingerprint density at radius 1 is 0.920 bits per heavy atom. The van der Waals surface area contributed by atoms with Crippen molar-refractivity contribution in [3.63, 3.8) is 0 Å². The summed E-state index contributed by atoms with van der Waals surface area (Å²) in [6.07, 6.45) is 0.845. The molecule has 130 valence electrons. The van der Waals surface area contributed by atoms with Crippen LogP contribution in [-0.2, 0) is 34.1 Å². The number of ether oxygens (including phenoxy) is 1. The van der Waals surface area contributed by atoms with Gasteiger partial charge in [-0.05, 0) is 29.5 Å². The maximum atomic E-state index is 12.0. The average molecular weight is 339 g/mol. The monoisotopic (exact) mass is 339 g/mol. The maximum absolute atomic E-state index is 12.0. The number of benzene rings is 2. The Bertz CT molecular complexity index is 736. The molecule has 0 bridgehead atoms. The van der Waals surface area contributed by atoms with Gasteiger partial charge in [-0.3, -0.25) is 9.59 Å². The minimum absolute atomic E-state index is 0.332. The van der Waals surface area contributed by atoms with E-state index in [0.29, 0.717) is 32.6 Å². The fourth-order valence-corrected chi connectivity index (χ4v) is 2.63.